The maximum absolute atomic E-state index is 13.1. The van der Waals surface area contributed by atoms with Crippen molar-refractivity contribution in [1.82, 2.24) is 5.32 Å². The topological polar surface area (TPSA) is 98.7 Å². The van der Waals surface area contributed by atoms with Crippen LogP contribution >= 0.6 is 0 Å². The second-order valence-corrected chi connectivity index (χ2v) is 6.31. The van der Waals surface area contributed by atoms with E-state index in [1.54, 1.807) is 0 Å². The molecule has 0 aliphatic rings. The van der Waals surface area contributed by atoms with Gasteiger partial charge in [-0.15, -0.1) is 0 Å². The lowest BCUT2D eigenvalue weighted by atomic mass is 9.87. The molecule has 2 amide bonds. The van der Waals surface area contributed by atoms with Crippen molar-refractivity contribution in [2.45, 2.75) is 26.9 Å². The van der Waals surface area contributed by atoms with E-state index in [0.29, 0.717) is 0 Å². The number of aliphatic hydroxyl groups is 2. The van der Waals surface area contributed by atoms with E-state index >= 15 is 0 Å². The summed E-state index contributed by atoms with van der Waals surface area (Å²) in [6.45, 7) is 4.13. The number of benzene rings is 1. The Morgan fingerprint density at radius 1 is 1.21 bits per heavy atom. The molecule has 0 unspecified atom stereocenters. The van der Waals surface area contributed by atoms with Crippen molar-refractivity contribution >= 4 is 17.5 Å². The SMILES string of the molecule is C[C@@H](CNC(=O)[C@H](O)C(C)(C)CO)C(=O)Nc1ccc(F)c(F)c1. The molecule has 1 rings (SSSR count). The predicted molar refractivity (Wildman–Crippen MR) is 84.0 cm³/mol. The van der Waals surface area contributed by atoms with Gasteiger partial charge in [-0.05, 0) is 12.1 Å². The fraction of sp³-hybridized carbons (Fsp3) is 0.500. The Labute approximate surface area is 138 Å². The van der Waals surface area contributed by atoms with Crippen LogP contribution in [0.5, 0.6) is 0 Å². The van der Waals surface area contributed by atoms with Crippen LogP contribution in [0.15, 0.2) is 18.2 Å². The third-order valence-corrected chi connectivity index (χ3v) is 3.61. The van der Waals surface area contributed by atoms with E-state index in [2.05, 4.69) is 10.6 Å². The molecule has 0 aliphatic carbocycles. The molecular weight excluding hydrogens is 322 g/mol. The molecule has 6 nitrogen and oxygen atoms in total. The Morgan fingerprint density at radius 2 is 1.83 bits per heavy atom. The number of halogens is 2. The molecule has 0 aliphatic heterocycles. The lowest BCUT2D eigenvalue weighted by Gasteiger charge is -2.27. The van der Waals surface area contributed by atoms with Crippen LogP contribution in [0.4, 0.5) is 14.5 Å². The smallest absolute Gasteiger partial charge is 0.249 e. The summed E-state index contributed by atoms with van der Waals surface area (Å²) < 4.78 is 25.9. The van der Waals surface area contributed by atoms with Crippen molar-refractivity contribution < 1.29 is 28.6 Å². The van der Waals surface area contributed by atoms with Gasteiger partial charge in [0.05, 0.1) is 12.5 Å². The van der Waals surface area contributed by atoms with E-state index in [-0.39, 0.29) is 18.8 Å². The fourth-order valence-electron chi connectivity index (χ4n) is 1.72. The van der Waals surface area contributed by atoms with Crippen LogP contribution in [-0.4, -0.2) is 41.3 Å². The molecule has 0 saturated carbocycles. The van der Waals surface area contributed by atoms with E-state index in [0.717, 1.165) is 12.1 Å². The van der Waals surface area contributed by atoms with E-state index < -0.39 is 40.9 Å². The highest BCUT2D eigenvalue weighted by molar-refractivity contribution is 5.93. The van der Waals surface area contributed by atoms with Gasteiger partial charge in [0.1, 0.15) is 6.10 Å². The fourth-order valence-corrected chi connectivity index (χ4v) is 1.72. The molecule has 0 saturated heterocycles. The number of carbonyl (C=O) groups excluding carboxylic acids is 2. The van der Waals surface area contributed by atoms with Crippen LogP contribution in [0.1, 0.15) is 20.8 Å². The minimum absolute atomic E-state index is 0.0626. The molecular formula is C16H22F2N2O4. The van der Waals surface area contributed by atoms with Crippen molar-refractivity contribution in [2.75, 3.05) is 18.5 Å². The normalized spacial score (nSPS) is 14.0. The first-order valence-corrected chi connectivity index (χ1v) is 7.41. The molecule has 1 aromatic carbocycles. The van der Waals surface area contributed by atoms with E-state index in [9.17, 15) is 23.5 Å². The second kappa shape index (κ2) is 8.16. The van der Waals surface area contributed by atoms with E-state index in [1.807, 2.05) is 0 Å². The molecule has 0 bridgehead atoms. The van der Waals surface area contributed by atoms with Crippen molar-refractivity contribution in [3.8, 4) is 0 Å². The Morgan fingerprint density at radius 3 is 2.38 bits per heavy atom. The van der Waals surface area contributed by atoms with E-state index in [4.69, 9.17) is 5.11 Å². The summed E-state index contributed by atoms with van der Waals surface area (Å²) in [6.07, 6.45) is -1.43. The monoisotopic (exact) mass is 344 g/mol. The molecule has 2 atom stereocenters. The Kier molecular flexibility index (Phi) is 6.80. The summed E-state index contributed by atoms with van der Waals surface area (Å²) in [5.41, 5.74) is -0.917. The summed E-state index contributed by atoms with van der Waals surface area (Å²) in [5.74, 6) is -3.98. The number of anilines is 1. The third kappa shape index (κ3) is 5.24. The number of nitrogens with one attached hydrogen (secondary N) is 2. The highest BCUT2D eigenvalue weighted by Crippen LogP contribution is 2.19. The number of carbonyl (C=O) groups is 2. The highest BCUT2D eigenvalue weighted by atomic mass is 19.2. The average molecular weight is 344 g/mol. The van der Waals surface area contributed by atoms with Crippen LogP contribution in [-0.2, 0) is 9.59 Å². The highest BCUT2D eigenvalue weighted by Gasteiger charge is 2.33. The zero-order valence-corrected chi connectivity index (χ0v) is 13.8. The Bertz CT molecular complexity index is 608. The third-order valence-electron chi connectivity index (χ3n) is 3.61. The van der Waals surface area contributed by atoms with Gasteiger partial charge in [0, 0.05) is 23.7 Å². The van der Waals surface area contributed by atoms with Crippen molar-refractivity contribution in [3.63, 3.8) is 0 Å². The van der Waals surface area contributed by atoms with Gasteiger partial charge in [0.2, 0.25) is 11.8 Å². The number of aliphatic hydroxyl groups excluding tert-OH is 2. The van der Waals surface area contributed by atoms with Gasteiger partial charge in [-0.25, -0.2) is 8.78 Å². The largest absolute Gasteiger partial charge is 0.396 e. The molecule has 4 N–H and O–H groups in total. The number of hydrogen-bond acceptors (Lipinski definition) is 4. The molecule has 0 spiro atoms. The zero-order valence-electron chi connectivity index (χ0n) is 13.8. The predicted octanol–water partition coefficient (Wildman–Crippen LogP) is 1.03. The minimum Gasteiger partial charge on any atom is -0.396 e. The molecule has 0 radical (unpaired) electrons. The Hall–Kier alpha value is -2.06. The summed E-state index contributed by atoms with van der Waals surface area (Å²) in [4.78, 5) is 23.8. The molecule has 0 aromatic heterocycles. The summed E-state index contributed by atoms with van der Waals surface area (Å²) >= 11 is 0. The van der Waals surface area contributed by atoms with Crippen LogP contribution in [0.3, 0.4) is 0 Å². The first kappa shape index (κ1) is 20.0. The van der Waals surface area contributed by atoms with E-state index in [1.165, 1.54) is 26.8 Å². The van der Waals surface area contributed by atoms with Gasteiger partial charge >= 0.3 is 0 Å². The van der Waals surface area contributed by atoms with Crippen LogP contribution in [0.2, 0.25) is 0 Å². The standard InChI is InChI=1S/C16H22F2N2O4/c1-9(7-19-15(24)13(22)16(2,3)8-21)14(23)20-10-4-5-11(17)12(18)6-10/h4-6,9,13,21-22H,7-8H2,1-3H3,(H,19,24)(H,20,23)/t9-,13-/m0/s1. The van der Waals surface area contributed by atoms with Gasteiger partial charge < -0.3 is 20.8 Å². The summed E-state index contributed by atoms with van der Waals surface area (Å²) in [7, 11) is 0. The van der Waals surface area contributed by atoms with Gasteiger partial charge in [-0.2, -0.15) is 0 Å². The van der Waals surface area contributed by atoms with Gasteiger partial charge in [0.25, 0.3) is 0 Å². The first-order valence-electron chi connectivity index (χ1n) is 7.41. The van der Waals surface area contributed by atoms with Crippen molar-refractivity contribution in [1.29, 1.82) is 0 Å². The maximum Gasteiger partial charge on any atom is 0.249 e. The summed E-state index contributed by atoms with van der Waals surface area (Å²) in [6, 6.07) is 2.96. The lowest BCUT2D eigenvalue weighted by molar-refractivity contribution is -0.137. The lowest BCUT2D eigenvalue weighted by Crippen LogP contribution is -2.47. The quantitative estimate of drug-likeness (QED) is 0.594. The average Bonchev–Trinajstić information content (AvgIpc) is 2.54. The van der Waals surface area contributed by atoms with Crippen molar-refractivity contribution in [2.24, 2.45) is 11.3 Å². The van der Waals surface area contributed by atoms with Gasteiger partial charge in [-0.3, -0.25) is 9.59 Å². The maximum atomic E-state index is 13.1. The second-order valence-electron chi connectivity index (χ2n) is 6.31. The number of hydrogen-bond donors (Lipinski definition) is 4. The van der Waals surface area contributed by atoms with Gasteiger partial charge in [0.15, 0.2) is 11.6 Å². The first-order chi connectivity index (χ1) is 11.1. The zero-order chi connectivity index (χ0) is 18.5. The van der Waals surface area contributed by atoms with Crippen LogP contribution < -0.4 is 10.6 Å². The number of rotatable bonds is 7. The summed E-state index contributed by atoms with van der Waals surface area (Å²) in [5, 5.41) is 23.8. The molecule has 8 heteroatoms. The Balaban J connectivity index is 2.55. The molecule has 134 valence electrons. The van der Waals surface area contributed by atoms with Crippen LogP contribution in [0.25, 0.3) is 0 Å². The molecule has 1 aromatic rings. The minimum atomic E-state index is -1.43. The molecule has 0 heterocycles. The van der Waals surface area contributed by atoms with Gasteiger partial charge in [-0.1, -0.05) is 20.8 Å². The van der Waals surface area contributed by atoms with Crippen molar-refractivity contribution in [3.05, 3.63) is 29.8 Å². The van der Waals surface area contributed by atoms with Crippen LogP contribution in [0, 0.1) is 23.0 Å². The number of amides is 2. The molecule has 0 fully saturated rings. The molecule has 24 heavy (non-hydrogen) atoms.